The van der Waals surface area contributed by atoms with E-state index >= 15 is 0 Å². The molecular weight excluding hydrogens is 428 g/mol. The minimum atomic E-state index is -0.303. The molecule has 5 N–H and O–H groups in total. The Morgan fingerprint density at radius 3 is 2.76 bits per heavy atom. The van der Waals surface area contributed by atoms with Gasteiger partial charge in [0.05, 0.1) is 23.3 Å². The Bertz CT molecular complexity index is 1400. The summed E-state index contributed by atoms with van der Waals surface area (Å²) in [5, 5.41) is 9.84. The number of aliphatic hydroxyl groups excluding tert-OH is 1. The van der Waals surface area contributed by atoms with Crippen molar-refractivity contribution >= 4 is 28.8 Å². The number of nitrogens with one attached hydrogen (secondary N) is 2. The van der Waals surface area contributed by atoms with Crippen molar-refractivity contribution in [1.82, 2.24) is 15.0 Å². The summed E-state index contributed by atoms with van der Waals surface area (Å²) in [6.07, 6.45) is 3.89. The predicted molar refractivity (Wildman–Crippen MR) is 137 cm³/mol. The molecule has 0 saturated heterocycles. The molecule has 0 aliphatic carbocycles. The van der Waals surface area contributed by atoms with Crippen LogP contribution in [-0.4, -0.2) is 45.3 Å². The summed E-state index contributed by atoms with van der Waals surface area (Å²) in [5.41, 5.74) is 10.9. The van der Waals surface area contributed by atoms with Crippen molar-refractivity contribution < 1.29 is 5.11 Å². The van der Waals surface area contributed by atoms with Gasteiger partial charge in [0.2, 0.25) is 0 Å². The maximum absolute atomic E-state index is 12.8. The smallest absolute Gasteiger partial charge is 0.261 e. The summed E-state index contributed by atoms with van der Waals surface area (Å²) in [6, 6.07) is 15.5. The van der Waals surface area contributed by atoms with E-state index in [1.165, 1.54) is 0 Å². The first-order chi connectivity index (χ1) is 16.5. The molecule has 4 rings (SSSR count). The lowest BCUT2D eigenvalue weighted by Gasteiger charge is -2.09. The molecule has 34 heavy (non-hydrogen) atoms. The third-order valence-electron chi connectivity index (χ3n) is 5.58. The highest BCUT2D eigenvalue weighted by Crippen LogP contribution is 2.28. The van der Waals surface area contributed by atoms with Crippen LogP contribution in [0.25, 0.3) is 22.4 Å². The summed E-state index contributed by atoms with van der Waals surface area (Å²) in [5.74, 6) is 0.689. The lowest BCUT2D eigenvalue weighted by molar-refractivity contribution is 0.263. The Morgan fingerprint density at radius 2 is 2.03 bits per heavy atom. The number of H-pyrrole nitrogens is 2. The maximum Gasteiger partial charge on any atom is 0.261 e. The molecule has 174 valence electrons. The molecule has 0 saturated carbocycles. The van der Waals surface area contributed by atoms with E-state index in [1.54, 1.807) is 18.5 Å². The van der Waals surface area contributed by atoms with E-state index < -0.39 is 0 Å². The number of pyridine rings is 1. The first-order valence-electron chi connectivity index (χ1n) is 11.2. The topological polar surface area (TPSA) is 133 Å². The molecule has 8 nitrogen and oxygen atoms in total. The number of aliphatic imine (C=N–C) groups is 2. The third kappa shape index (κ3) is 4.97. The van der Waals surface area contributed by atoms with Crippen LogP contribution in [0.5, 0.6) is 0 Å². The fourth-order valence-electron chi connectivity index (χ4n) is 3.89. The summed E-state index contributed by atoms with van der Waals surface area (Å²) < 4.78 is 0. The van der Waals surface area contributed by atoms with Gasteiger partial charge in [0.1, 0.15) is 17.2 Å². The van der Waals surface area contributed by atoms with E-state index in [-0.39, 0.29) is 18.1 Å². The zero-order valence-electron chi connectivity index (χ0n) is 19.2. The van der Waals surface area contributed by atoms with Crippen LogP contribution in [0.4, 0.5) is 5.69 Å². The summed E-state index contributed by atoms with van der Waals surface area (Å²) in [4.78, 5) is 32.3. The van der Waals surface area contributed by atoms with Gasteiger partial charge >= 0.3 is 0 Å². The van der Waals surface area contributed by atoms with Crippen molar-refractivity contribution in [3.63, 3.8) is 0 Å². The number of amidine groups is 1. The van der Waals surface area contributed by atoms with Gasteiger partial charge in [0.15, 0.2) is 0 Å². The number of aryl methyl sites for hydroxylation is 1. The zero-order chi connectivity index (χ0) is 24.1. The zero-order valence-corrected chi connectivity index (χ0v) is 19.2. The van der Waals surface area contributed by atoms with E-state index in [2.05, 4.69) is 24.9 Å². The molecule has 2 heterocycles. The highest BCUT2D eigenvalue weighted by atomic mass is 16.3. The first kappa shape index (κ1) is 23.1. The van der Waals surface area contributed by atoms with Crippen molar-refractivity contribution in [2.24, 2.45) is 21.6 Å². The standard InChI is InChI=1S/C26H28N6O2/c1-3-28-24(27)19-11-16(2)23-21(13-19)31-25(32-23)22-20(9-10-29-26(22)34)30-14-18(15-33)12-17-7-5-4-6-8-17/h4-11,13-14,18,33H,3,12,15H2,1-2H3,(H2,27,28)(H,29,34)(H,31,32). The van der Waals surface area contributed by atoms with Crippen LogP contribution in [0.15, 0.2) is 69.5 Å². The van der Waals surface area contributed by atoms with Crippen LogP contribution in [0.2, 0.25) is 0 Å². The number of nitrogens with zero attached hydrogens (tertiary/aromatic N) is 3. The highest BCUT2D eigenvalue weighted by Gasteiger charge is 2.16. The van der Waals surface area contributed by atoms with Gasteiger partial charge in [-0.1, -0.05) is 30.3 Å². The predicted octanol–water partition coefficient (Wildman–Crippen LogP) is 3.51. The molecule has 4 aromatic rings. The van der Waals surface area contributed by atoms with Crippen molar-refractivity contribution in [1.29, 1.82) is 0 Å². The molecule has 0 amide bonds. The van der Waals surface area contributed by atoms with Gasteiger partial charge < -0.3 is 20.8 Å². The molecule has 2 aromatic carbocycles. The molecule has 2 aromatic heterocycles. The molecule has 1 unspecified atom stereocenters. The number of nitrogens with two attached hydrogens (primary N) is 1. The second-order valence-corrected chi connectivity index (χ2v) is 8.11. The van der Waals surface area contributed by atoms with Crippen LogP contribution in [0.3, 0.4) is 0 Å². The van der Waals surface area contributed by atoms with E-state index in [1.807, 2.05) is 56.3 Å². The minimum absolute atomic E-state index is 0.0513. The molecule has 0 aliphatic rings. The first-order valence-corrected chi connectivity index (χ1v) is 11.2. The van der Waals surface area contributed by atoms with E-state index in [0.717, 1.165) is 27.7 Å². The molecule has 0 fully saturated rings. The second kappa shape index (κ2) is 10.3. The molecule has 0 spiro atoms. The van der Waals surface area contributed by atoms with Gasteiger partial charge in [0.25, 0.3) is 5.56 Å². The number of hydrogen-bond donors (Lipinski definition) is 4. The molecule has 0 aliphatic heterocycles. The lowest BCUT2D eigenvalue weighted by atomic mass is 10.0. The molecule has 0 bridgehead atoms. The van der Waals surface area contributed by atoms with E-state index in [4.69, 9.17) is 5.73 Å². The number of imidazole rings is 1. The fourth-order valence-corrected chi connectivity index (χ4v) is 3.89. The molecule has 0 radical (unpaired) electrons. The Balaban J connectivity index is 1.71. The largest absolute Gasteiger partial charge is 0.396 e. The molecule has 1 atom stereocenters. The monoisotopic (exact) mass is 456 g/mol. The number of fused-ring (bicyclic) bond motifs is 1. The van der Waals surface area contributed by atoms with Crippen LogP contribution < -0.4 is 11.3 Å². The van der Waals surface area contributed by atoms with Gasteiger partial charge in [0, 0.05) is 30.4 Å². The lowest BCUT2D eigenvalue weighted by Crippen LogP contribution is -2.13. The fraction of sp³-hybridized carbons (Fsp3) is 0.231. The normalized spacial score (nSPS) is 13.1. The van der Waals surface area contributed by atoms with Crippen molar-refractivity contribution in [3.05, 3.63) is 81.8 Å². The van der Waals surface area contributed by atoms with Gasteiger partial charge in [-0.2, -0.15) is 0 Å². The quantitative estimate of drug-likeness (QED) is 0.239. The summed E-state index contributed by atoms with van der Waals surface area (Å²) in [7, 11) is 0. The average Bonchev–Trinajstić information content (AvgIpc) is 3.27. The van der Waals surface area contributed by atoms with Crippen molar-refractivity contribution in [2.45, 2.75) is 20.3 Å². The molecular formula is C26H28N6O2. The van der Waals surface area contributed by atoms with E-state index in [9.17, 15) is 9.90 Å². The van der Waals surface area contributed by atoms with Crippen molar-refractivity contribution in [2.75, 3.05) is 13.2 Å². The summed E-state index contributed by atoms with van der Waals surface area (Å²) in [6.45, 7) is 4.41. The van der Waals surface area contributed by atoms with Crippen LogP contribution in [0.1, 0.15) is 23.6 Å². The highest BCUT2D eigenvalue weighted by molar-refractivity contribution is 6.01. The number of rotatable bonds is 8. The van der Waals surface area contributed by atoms with Gasteiger partial charge in [-0.15, -0.1) is 0 Å². The van der Waals surface area contributed by atoms with Gasteiger partial charge in [-0.05, 0) is 49.6 Å². The van der Waals surface area contributed by atoms with Crippen LogP contribution >= 0.6 is 0 Å². The average molecular weight is 457 g/mol. The third-order valence-corrected chi connectivity index (χ3v) is 5.58. The number of aliphatic hydroxyl groups is 1. The van der Waals surface area contributed by atoms with E-state index in [0.29, 0.717) is 35.9 Å². The Kier molecular flexibility index (Phi) is 6.98. The Labute approximate surface area is 197 Å². The second-order valence-electron chi connectivity index (χ2n) is 8.11. The molecule has 8 heteroatoms. The van der Waals surface area contributed by atoms with Crippen molar-refractivity contribution in [3.8, 4) is 11.4 Å². The van der Waals surface area contributed by atoms with Crippen LogP contribution in [0, 0.1) is 12.8 Å². The number of aromatic amines is 2. The van der Waals surface area contributed by atoms with Gasteiger partial charge in [-0.3, -0.25) is 14.8 Å². The number of aromatic nitrogens is 3. The summed E-state index contributed by atoms with van der Waals surface area (Å²) >= 11 is 0. The number of benzene rings is 2. The SMILES string of the molecule is CCN=C(N)c1cc(C)c2nc(-c3c(N=CC(CO)Cc4ccccc4)cc[nH]c3=O)[nH]c2c1. The minimum Gasteiger partial charge on any atom is -0.396 e. The Hall–Kier alpha value is -4.04. The Morgan fingerprint density at radius 1 is 1.24 bits per heavy atom. The van der Waals surface area contributed by atoms with Crippen LogP contribution in [-0.2, 0) is 6.42 Å². The van der Waals surface area contributed by atoms with Gasteiger partial charge in [-0.25, -0.2) is 4.98 Å². The maximum atomic E-state index is 12.8. The number of hydrogen-bond acceptors (Lipinski definition) is 5.